The Labute approximate surface area is 90.9 Å². The molecule has 0 rings (SSSR count). The second kappa shape index (κ2) is 6.07. The molecule has 0 radical (unpaired) electrons. The zero-order valence-electron chi connectivity index (χ0n) is 9.36. The average molecular weight is 237 g/mol. The minimum absolute atomic E-state index is 0.0345. The third-order valence-corrected chi connectivity index (χ3v) is 3.82. The maximum absolute atomic E-state index is 11.4. The summed E-state index contributed by atoms with van der Waals surface area (Å²) >= 11 is 0. The number of aliphatic carboxylic acids is 1. The summed E-state index contributed by atoms with van der Waals surface area (Å²) in [6, 6.07) is -1.02. The molecule has 0 saturated carbocycles. The molecule has 0 aliphatic heterocycles. The first kappa shape index (κ1) is 14.4. The van der Waals surface area contributed by atoms with E-state index in [0.717, 1.165) is 0 Å². The summed E-state index contributed by atoms with van der Waals surface area (Å²) in [4.78, 5) is 10.9. The highest BCUT2D eigenvalue weighted by molar-refractivity contribution is 7.89. The van der Waals surface area contributed by atoms with E-state index in [0.29, 0.717) is 12.8 Å². The Morgan fingerprint density at radius 2 is 1.93 bits per heavy atom. The van der Waals surface area contributed by atoms with Crippen molar-refractivity contribution in [3.05, 3.63) is 0 Å². The monoisotopic (exact) mass is 237 g/mol. The lowest BCUT2D eigenvalue weighted by molar-refractivity contribution is -0.140. The third-order valence-electron chi connectivity index (χ3n) is 2.26. The Bertz CT molecular complexity index is 299. The fourth-order valence-corrected chi connectivity index (χ4v) is 2.54. The Hall–Kier alpha value is -0.620. The lowest BCUT2D eigenvalue weighted by Gasteiger charge is -2.19. The van der Waals surface area contributed by atoms with Gasteiger partial charge in [0.25, 0.3) is 0 Å². The van der Waals surface area contributed by atoms with Crippen molar-refractivity contribution in [3.8, 4) is 0 Å². The van der Waals surface area contributed by atoms with Crippen molar-refractivity contribution in [2.75, 3.05) is 5.75 Å². The first-order valence-electron chi connectivity index (χ1n) is 5.06. The van der Waals surface area contributed by atoms with E-state index >= 15 is 0 Å². The second-order valence-electron chi connectivity index (χ2n) is 3.64. The van der Waals surface area contributed by atoms with Gasteiger partial charge in [0.05, 0.1) is 5.75 Å². The van der Waals surface area contributed by atoms with Crippen LogP contribution in [-0.2, 0) is 14.8 Å². The van der Waals surface area contributed by atoms with Crippen LogP contribution in [0.15, 0.2) is 0 Å². The van der Waals surface area contributed by atoms with Gasteiger partial charge in [0.1, 0.15) is 6.04 Å². The Kier molecular flexibility index (Phi) is 5.82. The van der Waals surface area contributed by atoms with Gasteiger partial charge < -0.3 is 5.11 Å². The van der Waals surface area contributed by atoms with Crippen LogP contribution in [0.4, 0.5) is 0 Å². The fourth-order valence-electron chi connectivity index (χ4n) is 1.17. The Morgan fingerprint density at radius 1 is 1.40 bits per heavy atom. The summed E-state index contributed by atoms with van der Waals surface area (Å²) in [5, 5.41) is 8.88. The summed E-state index contributed by atoms with van der Waals surface area (Å²) in [6.45, 7) is 5.28. The van der Waals surface area contributed by atoms with Gasteiger partial charge in [-0.15, -0.1) is 0 Å². The van der Waals surface area contributed by atoms with Crippen molar-refractivity contribution in [2.45, 2.75) is 39.7 Å². The Morgan fingerprint density at radius 3 is 2.27 bits per heavy atom. The highest BCUT2D eigenvalue weighted by Crippen LogP contribution is 2.09. The number of carboxylic acids is 1. The standard InChI is InChI=1S/C9H19NO4S/c1-4-6-15(13,14)10-8(9(11)12)7(3)5-2/h7-8,10H,4-6H2,1-3H3,(H,11,12)/t7?,8-/m0/s1. The van der Waals surface area contributed by atoms with Crippen LogP contribution in [0.3, 0.4) is 0 Å². The van der Waals surface area contributed by atoms with Gasteiger partial charge in [-0.1, -0.05) is 27.2 Å². The first-order valence-corrected chi connectivity index (χ1v) is 6.72. The van der Waals surface area contributed by atoms with Gasteiger partial charge in [-0.05, 0) is 12.3 Å². The van der Waals surface area contributed by atoms with Crippen LogP contribution < -0.4 is 4.72 Å². The number of hydrogen-bond donors (Lipinski definition) is 2. The SMILES string of the molecule is CCCS(=O)(=O)N[C@H](C(=O)O)C(C)CC. The molecule has 0 aromatic rings. The summed E-state index contributed by atoms with van der Waals surface area (Å²) in [6.07, 6.45) is 1.09. The van der Waals surface area contributed by atoms with Gasteiger partial charge in [0, 0.05) is 0 Å². The fraction of sp³-hybridized carbons (Fsp3) is 0.889. The Balaban J connectivity index is 4.62. The summed E-state index contributed by atoms with van der Waals surface area (Å²) < 4.78 is 25.0. The summed E-state index contributed by atoms with van der Waals surface area (Å²) in [5.41, 5.74) is 0. The topological polar surface area (TPSA) is 83.5 Å². The van der Waals surface area contributed by atoms with E-state index in [9.17, 15) is 13.2 Å². The number of nitrogens with one attached hydrogen (secondary N) is 1. The molecule has 0 amide bonds. The van der Waals surface area contributed by atoms with Crippen molar-refractivity contribution >= 4 is 16.0 Å². The molecule has 5 nitrogen and oxygen atoms in total. The van der Waals surface area contributed by atoms with Crippen LogP contribution in [0.1, 0.15) is 33.6 Å². The molecule has 0 aromatic heterocycles. The normalized spacial score (nSPS) is 15.9. The smallest absolute Gasteiger partial charge is 0.322 e. The number of rotatable bonds is 7. The first-order chi connectivity index (χ1) is 6.84. The molecule has 2 atom stereocenters. The number of carboxylic acid groups (broad SMARTS) is 1. The minimum Gasteiger partial charge on any atom is -0.480 e. The number of carbonyl (C=O) groups is 1. The quantitative estimate of drug-likeness (QED) is 0.686. The number of sulfonamides is 1. The van der Waals surface area contributed by atoms with Gasteiger partial charge in [0.2, 0.25) is 10.0 Å². The minimum atomic E-state index is -3.46. The lowest BCUT2D eigenvalue weighted by atomic mass is 10.0. The molecule has 1 unspecified atom stereocenters. The number of hydrogen-bond acceptors (Lipinski definition) is 3. The van der Waals surface area contributed by atoms with E-state index in [1.54, 1.807) is 13.8 Å². The van der Waals surface area contributed by atoms with Crippen LogP contribution in [-0.4, -0.2) is 31.3 Å². The molecular formula is C9H19NO4S. The summed E-state index contributed by atoms with van der Waals surface area (Å²) in [7, 11) is -3.46. The van der Waals surface area contributed by atoms with Crippen molar-refractivity contribution in [1.29, 1.82) is 0 Å². The van der Waals surface area contributed by atoms with Crippen molar-refractivity contribution in [1.82, 2.24) is 4.72 Å². The second-order valence-corrected chi connectivity index (χ2v) is 5.51. The molecule has 2 N–H and O–H groups in total. The molecule has 0 fully saturated rings. The van der Waals surface area contributed by atoms with Crippen LogP contribution in [0.25, 0.3) is 0 Å². The van der Waals surface area contributed by atoms with Crippen molar-refractivity contribution in [2.24, 2.45) is 5.92 Å². The molecular weight excluding hydrogens is 218 g/mol. The zero-order valence-corrected chi connectivity index (χ0v) is 10.2. The largest absolute Gasteiger partial charge is 0.480 e. The van der Waals surface area contributed by atoms with E-state index < -0.39 is 22.0 Å². The maximum Gasteiger partial charge on any atom is 0.322 e. The van der Waals surface area contributed by atoms with Crippen LogP contribution >= 0.6 is 0 Å². The van der Waals surface area contributed by atoms with Gasteiger partial charge >= 0.3 is 5.97 Å². The highest BCUT2D eigenvalue weighted by atomic mass is 32.2. The predicted molar refractivity (Wildman–Crippen MR) is 58.1 cm³/mol. The molecule has 90 valence electrons. The van der Waals surface area contributed by atoms with Crippen LogP contribution in [0, 0.1) is 5.92 Å². The van der Waals surface area contributed by atoms with E-state index in [1.807, 2.05) is 6.92 Å². The van der Waals surface area contributed by atoms with Gasteiger partial charge in [-0.25, -0.2) is 13.1 Å². The lowest BCUT2D eigenvalue weighted by Crippen LogP contribution is -2.45. The van der Waals surface area contributed by atoms with E-state index in [4.69, 9.17) is 5.11 Å². The van der Waals surface area contributed by atoms with Crippen LogP contribution in [0.5, 0.6) is 0 Å². The molecule has 0 bridgehead atoms. The zero-order chi connectivity index (χ0) is 12.1. The van der Waals surface area contributed by atoms with E-state index in [1.165, 1.54) is 0 Å². The van der Waals surface area contributed by atoms with Gasteiger partial charge in [-0.3, -0.25) is 4.79 Å². The maximum atomic E-state index is 11.4. The third kappa shape index (κ3) is 5.13. The molecule has 0 aliphatic carbocycles. The predicted octanol–water partition coefficient (Wildman–Crippen LogP) is 0.815. The van der Waals surface area contributed by atoms with E-state index in [-0.39, 0.29) is 11.7 Å². The van der Waals surface area contributed by atoms with Gasteiger partial charge in [-0.2, -0.15) is 0 Å². The van der Waals surface area contributed by atoms with Gasteiger partial charge in [0.15, 0.2) is 0 Å². The van der Waals surface area contributed by atoms with E-state index in [2.05, 4.69) is 4.72 Å². The highest BCUT2D eigenvalue weighted by Gasteiger charge is 2.27. The van der Waals surface area contributed by atoms with Crippen molar-refractivity contribution in [3.63, 3.8) is 0 Å². The molecule has 0 aliphatic rings. The summed E-state index contributed by atoms with van der Waals surface area (Å²) in [5.74, 6) is -1.37. The molecule has 0 spiro atoms. The molecule has 6 heteroatoms. The molecule has 0 saturated heterocycles. The molecule has 15 heavy (non-hydrogen) atoms. The van der Waals surface area contributed by atoms with Crippen LogP contribution in [0.2, 0.25) is 0 Å². The molecule has 0 aromatic carbocycles. The average Bonchev–Trinajstić information content (AvgIpc) is 2.12. The molecule has 0 heterocycles. The van der Waals surface area contributed by atoms with Crippen molar-refractivity contribution < 1.29 is 18.3 Å².